The molecule has 27 heavy (non-hydrogen) atoms. The first-order chi connectivity index (χ1) is 13.3. The van der Waals surface area contributed by atoms with Crippen molar-refractivity contribution in [1.29, 1.82) is 0 Å². The number of hydrogen-bond donors (Lipinski definition) is 0. The minimum atomic E-state index is -3.21. The van der Waals surface area contributed by atoms with Gasteiger partial charge in [-0.15, -0.1) is 0 Å². The van der Waals surface area contributed by atoms with Gasteiger partial charge in [-0.25, -0.2) is 0 Å². The Labute approximate surface area is 168 Å². The molecule has 4 aromatic rings. The summed E-state index contributed by atoms with van der Waals surface area (Å²) in [6.07, 6.45) is 0. The molecule has 0 bridgehead atoms. The molecule has 0 aliphatic carbocycles. The molecule has 0 heterocycles. The molecule has 0 fully saturated rings. The van der Waals surface area contributed by atoms with Crippen molar-refractivity contribution >= 4 is 38.2 Å². The molecule has 0 nitrogen and oxygen atoms in total. The van der Waals surface area contributed by atoms with E-state index in [0.29, 0.717) is 0 Å². The molecular formula is C25H22AsCl. The second-order valence-corrected chi connectivity index (χ2v) is 16.1. The van der Waals surface area contributed by atoms with Crippen LogP contribution in [-0.2, 0) is 0 Å². The fourth-order valence-electron chi connectivity index (χ4n) is 3.91. The molecule has 0 N–H and O–H groups in total. The summed E-state index contributed by atoms with van der Waals surface area (Å²) in [6, 6.07) is 43.2. The van der Waals surface area contributed by atoms with Crippen LogP contribution < -0.4 is 13.1 Å². The van der Waals surface area contributed by atoms with Crippen LogP contribution in [0.25, 0.3) is 0 Å². The van der Waals surface area contributed by atoms with Gasteiger partial charge in [-0.2, -0.15) is 0 Å². The van der Waals surface area contributed by atoms with Crippen molar-refractivity contribution in [2.45, 2.75) is 4.16 Å². The van der Waals surface area contributed by atoms with Gasteiger partial charge in [0.2, 0.25) is 0 Å². The summed E-state index contributed by atoms with van der Waals surface area (Å²) < 4.78 is 4.05. The third kappa shape index (κ3) is 3.36. The van der Waals surface area contributed by atoms with Crippen molar-refractivity contribution in [3.8, 4) is 0 Å². The first-order valence-electron chi connectivity index (χ1n) is 9.19. The number of halogens is 1. The zero-order valence-corrected chi connectivity index (χ0v) is 17.9. The first kappa shape index (κ1) is 18.1. The summed E-state index contributed by atoms with van der Waals surface area (Å²) in [5.41, 5.74) is 1.19. The third-order valence-electron chi connectivity index (χ3n) is 5.16. The summed E-state index contributed by atoms with van der Waals surface area (Å²) in [5.74, 6) is 0. The van der Waals surface area contributed by atoms with Crippen LogP contribution in [0.4, 0.5) is 0 Å². The average Bonchev–Trinajstić information content (AvgIpc) is 2.77. The van der Waals surface area contributed by atoms with Gasteiger partial charge >= 0.3 is 169 Å². The van der Waals surface area contributed by atoms with Gasteiger partial charge in [-0.1, -0.05) is 0 Å². The van der Waals surface area contributed by atoms with Crippen molar-refractivity contribution in [3.63, 3.8) is 0 Å². The standard InChI is InChI=1S/C25H22AsCl/c27-25(21-13-5-1-6-14-21)26(22-15-7-2-8-16-22,23-17-9-3-10-18-23)24-19-11-4-12-20-24/h1-20,25-26H. The van der Waals surface area contributed by atoms with Gasteiger partial charge in [0, 0.05) is 0 Å². The monoisotopic (exact) mass is 432 g/mol. The molecule has 1 unspecified atom stereocenters. The molecule has 1 atom stereocenters. The van der Waals surface area contributed by atoms with Crippen LogP contribution in [0.5, 0.6) is 0 Å². The van der Waals surface area contributed by atoms with Crippen LogP contribution in [0.3, 0.4) is 0 Å². The van der Waals surface area contributed by atoms with Crippen LogP contribution in [0, 0.1) is 0 Å². The van der Waals surface area contributed by atoms with Crippen LogP contribution in [-0.4, -0.2) is 13.6 Å². The third-order valence-corrected chi connectivity index (χ3v) is 17.2. The van der Waals surface area contributed by atoms with Crippen molar-refractivity contribution in [2.24, 2.45) is 0 Å². The normalized spacial score (nSPS) is 13.1. The van der Waals surface area contributed by atoms with E-state index in [1.807, 2.05) is 0 Å². The van der Waals surface area contributed by atoms with Crippen molar-refractivity contribution in [2.75, 3.05) is 0 Å². The van der Waals surface area contributed by atoms with E-state index in [0.717, 1.165) is 0 Å². The van der Waals surface area contributed by atoms with Crippen LogP contribution in [0.2, 0.25) is 0 Å². The Bertz CT molecular complexity index is 873. The Morgan fingerprint density at radius 3 is 1.07 bits per heavy atom. The van der Waals surface area contributed by atoms with E-state index in [1.54, 1.807) is 0 Å². The fourth-order valence-corrected chi connectivity index (χ4v) is 15.9. The van der Waals surface area contributed by atoms with Crippen LogP contribution >= 0.6 is 11.6 Å². The fraction of sp³-hybridized carbons (Fsp3) is 0.0400. The molecular weight excluding hydrogens is 411 g/mol. The van der Waals surface area contributed by atoms with Gasteiger partial charge in [0.15, 0.2) is 0 Å². The Hall–Kier alpha value is -2.27. The number of alkyl halides is 1. The molecule has 2 heteroatoms. The van der Waals surface area contributed by atoms with E-state index < -0.39 is 13.6 Å². The zero-order chi connectivity index (χ0) is 18.5. The van der Waals surface area contributed by atoms with Crippen LogP contribution in [0.15, 0.2) is 121 Å². The molecule has 0 aliphatic heterocycles. The van der Waals surface area contributed by atoms with E-state index in [2.05, 4.69) is 121 Å². The summed E-state index contributed by atoms with van der Waals surface area (Å²) in [6.45, 7) is 0. The van der Waals surface area contributed by atoms with E-state index in [1.165, 1.54) is 18.6 Å². The predicted molar refractivity (Wildman–Crippen MR) is 120 cm³/mol. The van der Waals surface area contributed by atoms with Gasteiger partial charge in [-0.3, -0.25) is 0 Å². The maximum atomic E-state index is 7.42. The average molecular weight is 433 g/mol. The summed E-state index contributed by atoms with van der Waals surface area (Å²) in [4.78, 5) is 0. The number of benzene rings is 4. The van der Waals surface area contributed by atoms with Crippen molar-refractivity contribution in [1.82, 2.24) is 0 Å². The maximum absolute atomic E-state index is 7.42. The van der Waals surface area contributed by atoms with E-state index in [9.17, 15) is 0 Å². The first-order valence-corrected chi connectivity index (χ1v) is 14.0. The van der Waals surface area contributed by atoms with Gasteiger partial charge < -0.3 is 0 Å². The van der Waals surface area contributed by atoms with Gasteiger partial charge in [-0.05, 0) is 0 Å². The van der Waals surface area contributed by atoms with Crippen LogP contribution in [0.1, 0.15) is 9.73 Å². The second-order valence-electron chi connectivity index (χ2n) is 6.68. The summed E-state index contributed by atoms with van der Waals surface area (Å²) in [5, 5.41) is 0. The molecule has 0 radical (unpaired) electrons. The Morgan fingerprint density at radius 2 is 0.741 bits per heavy atom. The molecule has 0 aromatic heterocycles. The molecule has 4 rings (SSSR count). The van der Waals surface area contributed by atoms with E-state index >= 15 is 0 Å². The van der Waals surface area contributed by atoms with Gasteiger partial charge in [0.1, 0.15) is 0 Å². The van der Waals surface area contributed by atoms with E-state index in [-0.39, 0.29) is 4.16 Å². The predicted octanol–water partition coefficient (Wildman–Crippen LogP) is 4.41. The van der Waals surface area contributed by atoms with Gasteiger partial charge in [0.05, 0.1) is 0 Å². The second kappa shape index (κ2) is 8.17. The molecule has 0 aliphatic rings. The van der Waals surface area contributed by atoms with Crippen molar-refractivity contribution in [3.05, 3.63) is 127 Å². The zero-order valence-electron chi connectivity index (χ0n) is 15.0. The summed E-state index contributed by atoms with van der Waals surface area (Å²) in [7, 11) is 0. The quantitative estimate of drug-likeness (QED) is 0.324. The SMILES string of the molecule is ClC(c1ccccc1)[AsH](c1ccccc1)(c1ccccc1)c1ccccc1. The summed E-state index contributed by atoms with van der Waals surface area (Å²) >= 11 is 4.21. The van der Waals surface area contributed by atoms with Gasteiger partial charge in [0.25, 0.3) is 0 Å². The topological polar surface area (TPSA) is 0 Å². The molecule has 0 amide bonds. The molecule has 0 saturated heterocycles. The number of hydrogen-bond acceptors (Lipinski definition) is 0. The molecule has 4 aromatic carbocycles. The van der Waals surface area contributed by atoms with Crippen molar-refractivity contribution < 1.29 is 0 Å². The Kier molecular flexibility index (Phi) is 5.48. The number of rotatable bonds is 5. The molecule has 134 valence electrons. The minimum absolute atomic E-state index is 0.0709. The molecule has 0 spiro atoms. The molecule has 0 saturated carbocycles. The van der Waals surface area contributed by atoms with E-state index in [4.69, 9.17) is 11.6 Å². The Balaban J connectivity index is 2.07. The Morgan fingerprint density at radius 1 is 0.444 bits per heavy atom.